The number of benzene rings is 2. The highest BCUT2D eigenvalue weighted by atomic mass is 32.2. The summed E-state index contributed by atoms with van der Waals surface area (Å²) in [5, 5.41) is 2.49. The third-order valence-electron chi connectivity index (χ3n) is 3.49. The number of carbonyl (C=O) groups excluding carboxylic acids is 1. The fraction of sp³-hybridized carbons (Fsp3) is 0.278. The Morgan fingerprint density at radius 2 is 1.73 bits per heavy atom. The predicted molar refractivity (Wildman–Crippen MR) is 94.9 cm³/mol. The number of halogens is 2. The Kier molecular flexibility index (Phi) is 6.44. The van der Waals surface area contributed by atoms with Gasteiger partial charge in [0.25, 0.3) is 5.91 Å². The number of amides is 1. The zero-order valence-corrected chi connectivity index (χ0v) is 15.2. The van der Waals surface area contributed by atoms with Crippen molar-refractivity contribution in [2.75, 3.05) is 0 Å². The van der Waals surface area contributed by atoms with Crippen LogP contribution in [0.2, 0.25) is 0 Å². The second-order valence-corrected chi connectivity index (χ2v) is 7.86. The van der Waals surface area contributed by atoms with Gasteiger partial charge in [0.2, 0.25) is 10.0 Å². The van der Waals surface area contributed by atoms with E-state index in [-0.39, 0.29) is 18.3 Å². The molecule has 0 radical (unpaired) electrons. The molecule has 0 aliphatic rings. The highest BCUT2D eigenvalue weighted by Gasteiger charge is 2.17. The zero-order valence-electron chi connectivity index (χ0n) is 14.4. The van der Waals surface area contributed by atoms with Gasteiger partial charge in [-0.25, -0.2) is 21.9 Å². The maximum atomic E-state index is 13.7. The van der Waals surface area contributed by atoms with E-state index in [1.165, 1.54) is 0 Å². The first-order valence-electron chi connectivity index (χ1n) is 7.98. The molecule has 0 spiro atoms. The smallest absolute Gasteiger partial charge is 0.254 e. The van der Waals surface area contributed by atoms with E-state index in [0.717, 1.165) is 18.2 Å². The Morgan fingerprint density at radius 1 is 1.08 bits per heavy atom. The van der Waals surface area contributed by atoms with Gasteiger partial charge >= 0.3 is 0 Å². The van der Waals surface area contributed by atoms with E-state index in [2.05, 4.69) is 10.0 Å². The second-order valence-electron chi connectivity index (χ2n) is 6.11. The minimum absolute atomic E-state index is 0.0117. The molecule has 0 fully saturated rings. The molecule has 26 heavy (non-hydrogen) atoms. The number of carbonyl (C=O) groups is 1. The van der Waals surface area contributed by atoms with Crippen molar-refractivity contribution >= 4 is 15.9 Å². The number of rotatable bonds is 7. The van der Waals surface area contributed by atoms with Crippen LogP contribution in [0.4, 0.5) is 8.78 Å². The first-order valence-corrected chi connectivity index (χ1v) is 9.63. The molecule has 0 aliphatic carbocycles. The minimum Gasteiger partial charge on any atom is -0.348 e. The van der Waals surface area contributed by atoms with Crippen molar-refractivity contribution in [2.45, 2.75) is 32.2 Å². The van der Waals surface area contributed by atoms with Crippen LogP contribution in [0.3, 0.4) is 0 Å². The Labute approximate surface area is 151 Å². The largest absolute Gasteiger partial charge is 0.348 e. The van der Waals surface area contributed by atoms with Crippen molar-refractivity contribution in [3.05, 3.63) is 70.8 Å². The molecule has 0 saturated heterocycles. The molecule has 1 amide bonds. The lowest BCUT2D eigenvalue weighted by Gasteiger charge is -2.13. The van der Waals surface area contributed by atoms with Crippen LogP contribution in [-0.4, -0.2) is 20.4 Å². The van der Waals surface area contributed by atoms with Crippen LogP contribution in [0.15, 0.2) is 42.5 Å². The first-order chi connectivity index (χ1) is 12.2. The van der Waals surface area contributed by atoms with Crippen LogP contribution >= 0.6 is 0 Å². The standard InChI is InChI=1S/C18H20F2N2O3S/c1-12(2)22-26(24,25)11-14-6-4-3-5-13(14)10-21-18(23)16-9-15(19)7-8-17(16)20/h3-9,12,22H,10-11H2,1-2H3,(H,21,23). The monoisotopic (exact) mass is 382 g/mol. The van der Waals surface area contributed by atoms with Crippen molar-refractivity contribution in [2.24, 2.45) is 0 Å². The summed E-state index contributed by atoms with van der Waals surface area (Å²) in [5.74, 6) is -2.57. The third-order valence-corrected chi connectivity index (χ3v) is 5.01. The van der Waals surface area contributed by atoms with E-state index in [0.29, 0.717) is 11.1 Å². The second kappa shape index (κ2) is 8.37. The fourth-order valence-electron chi connectivity index (χ4n) is 2.42. The lowest BCUT2D eigenvalue weighted by Crippen LogP contribution is -2.32. The molecule has 0 aromatic heterocycles. The molecule has 0 aliphatic heterocycles. The summed E-state index contributed by atoms with van der Waals surface area (Å²) in [6.07, 6.45) is 0. The predicted octanol–water partition coefficient (Wildman–Crippen LogP) is 2.72. The number of sulfonamides is 1. The van der Waals surface area contributed by atoms with Gasteiger partial charge < -0.3 is 5.32 Å². The molecule has 2 aromatic rings. The summed E-state index contributed by atoms with van der Waals surface area (Å²) in [6, 6.07) is 9.09. The van der Waals surface area contributed by atoms with E-state index in [1.54, 1.807) is 38.1 Å². The van der Waals surface area contributed by atoms with E-state index in [1.807, 2.05) is 0 Å². The van der Waals surface area contributed by atoms with Gasteiger partial charge in [0.1, 0.15) is 11.6 Å². The molecule has 0 atom stereocenters. The summed E-state index contributed by atoms with van der Waals surface area (Å²) < 4.78 is 53.6. The quantitative estimate of drug-likeness (QED) is 0.773. The summed E-state index contributed by atoms with van der Waals surface area (Å²) in [7, 11) is -3.53. The van der Waals surface area contributed by atoms with Crippen LogP contribution in [0.1, 0.15) is 35.3 Å². The maximum absolute atomic E-state index is 13.7. The Bertz CT molecular complexity index is 899. The highest BCUT2D eigenvalue weighted by Crippen LogP contribution is 2.14. The number of nitrogens with one attached hydrogen (secondary N) is 2. The summed E-state index contributed by atoms with van der Waals surface area (Å²) >= 11 is 0. The first kappa shape index (κ1) is 20.0. The number of hydrogen-bond donors (Lipinski definition) is 2. The molecule has 0 saturated carbocycles. The molecule has 8 heteroatoms. The van der Waals surface area contributed by atoms with Crippen LogP contribution < -0.4 is 10.0 Å². The molecule has 0 bridgehead atoms. The van der Waals surface area contributed by atoms with Crippen LogP contribution in [-0.2, 0) is 22.3 Å². The van der Waals surface area contributed by atoms with Crippen molar-refractivity contribution in [3.8, 4) is 0 Å². The van der Waals surface area contributed by atoms with Gasteiger partial charge in [-0.05, 0) is 43.2 Å². The topological polar surface area (TPSA) is 75.3 Å². The maximum Gasteiger partial charge on any atom is 0.254 e. The van der Waals surface area contributed by atoms with Crippen LogP contribution in [0.25, 0.3) is 0 Å². The Hall–Kier alpha value is -2.32. The van der Waals surface area contributed by atoms with E-state index in [4.69, 9.17) is 0 Å². The summed E-state index contributed by atoms with van der Waals surface area (Å²) in [4.78, 5) is 12.1. The van der Waals surface area contributed by atoms with Crippen LogP contribution in [0, 0.1) is 11.6 Å². The van der Waals surface area contributed by atoms with Crippen molar-refractivity contribution in [1.82, 2.24) is 10.0 Å². The van der Waals surface area contributed by atoms with Gasteiger partial charge in [0.15, 0.2) is 0 Å². The Balaban J connectivity index is 2.13. The highest BCUT2D eigenvalue weighted by molar-refractivity contribution is 7.88. The van der Waals surface area contributed by atoms with Gasteiger partial charge in [0.05, 0.1) is 11.3 Å². The molecule has 140 valence electrons. The SMILES string of the molecule is CC(C)NS(=O)(=O)Cc1ccccc1CNC(=O)c1cc(F)ccc1F. The van der Waals surface area contributed by atoms with Gasteiger partial charge in [-0.3, -0.25) is 4.79 Å². The van der Waals surface area contributed by atoms with Gasteiger partial charge in [-0.2, -0.15) is 0 Å². The molecule has 2 rings (SSSR count). The van der Waals surface area contributed by atoms with E-state index < -0.39 is 33.1 Å². The Morgan fingerprint density at radius 3 is 2.38 bits per heavy atom. The van der Waals surface area contributed by atoms with Crippen molar-refractivity contribution in [3.63, 3.8) is 0 Å². The molecule has 0 heterocycles. The molecule has 0 unspecified atom stereocenters. The molecular formula is C18H20F2N2O3S. The molecule has 2 aromatic carbocycles. The normalized spacial score (nSPS) is 11.6. The van der Waals surface area contributed by atoms with Gasteiger partial charge in [0, 0.05) is 12.6 Å². The molecule has 2 N–H and O–H groups in total. The lowest BCUT2D eigenvalue weighted by molar-refractivity contribution is 0.0946. The molecule has 5 nitrogen and oxygen atoms in total. The van der Waals surface area contributed by atoms with Gasteiger partial charge in [-0.1, -0.05) is 24.3 Å². The summed E-state index contributed by atoms with van der Waals surface area (Å²) in [5.41, 5.74) is 0.684. The van der Waals surface area contributed by atoms with E-state index in [9.17, 15) is 22.0 Å². The number of hydrogen-bond acceptors (Lipinski definition) is 3. The van der Waals surface area contributed by atoms with Crippen LogP contribution in [0.5, 0.6) is 0 Å². The average molecular weight is 382 g/mol. The lowest BCUT2D eigenvalue weighted by atomic mass is 10.1. The minimum atomic E-state index is -3.53. The molecular weight excluding hydrogens is 362 g/mol. The third kappa shape index (κ3) is 5.60. The van der Waals surface area contributed by atoms with Gasteiger partial charge in [-0.15, -0.1) is 0 Å². The fourth-order valence-corrected chi connectivity index (χ4v) is 3.91. The zero-order chi connectivity index (χ0) is 19.3. The summed E-state index contributed by atoms with van der Waals surface area (Å²) in [6.45, 7) is 3.43. The average Bonchev–Trinajstić information content (AvgIpc) is 2.54. The van der Waals surface area contributed by atoms with Crippen molar-refractivity contribution in [1.29, 1.82) is 0 Å². The van der Waals surface area contributed by atoms with Crippen molar-refractivity contribution < 1.29 is 22.0 Å². The van der Waals surface area contributed by atoms with E-state index >= 15 is 0 Å².